The van der Waals surface area contributed by atoms with Crippen molar-refractivity contribution in [2.75, 3.05) is 0 Å². The van der Waals surface area contributed by atoms with E-state index in [1.54, 1.807) is 11.7 Å². The van der Waals surface area contributed by atoms with Crippen LogP contribution in [0.5, 0.6) is 0 Å². The van der Waals surface area contributed by atoms with E-state index in [1.807, 2.05) is 0 Å². The molecule has 0 amide bonds. The van der Waals surface area contributed by atoms with Crippen molar-refractivity contribution in [2.24, 2.45) is 0 Å². The molecule has 0 spiro atoms. The van der Waals surface area contributed by atoms with Crippen LogP contribution in [0.15, 0.2) is 11.7 Å². The third kappa shape index (κ3) is 3.04. The third-order valence-corrected chi connectivity index (χ3v) is 3.85. The van der Waals surface area contributed by atoms with Crippen LogP contribution in [-0.4, -0.2) is 24.9 Å². The van der Waals surface area contributed by atoms with Crippen LogP contribution in [0.4, 0.5) is 0 Å². The number of hydrogen-bond acceptors (Lipinski definition) is 5. The lowest BCUT2D eigenvalue weighted by Crippen LogP contribution is -1.89. The first-order chi connectivity index (χ1) is 10.3. The van der Waals surface area contributed by atoms with Gasteiger partial charge in [0.2, 0.25) is 0 Å². The highest BCUT2D eigenvalue weighted by atomic mass is 35.5. The SMILES string of the molecule is CCCCC#Cc1nc2c(Cl)nc(-c3cncs3)nc2[nH]1. The molecule has 0 saturated heterocycles. The summed E-state index contributed by atoms with van der Waals surface area (Å²) in [5.41, 5.74) is 2.87. The molecule has 0 bridgehead atoms. The first-order valence-corrected chi connectivity index (χ1v) is 7.84. The summed E-state index contributed by atoms with van der Waals surface area (Å²) in [6, 6.07) is 0. The molecule has 0 unspecified atom stereocenters. The van der Waals surface area contributed by atoms with Crippen LogP contribution < -0.4 is 0 Å². The Morgan fingerprint density at radius 1 is 1.33 bits per heavy atom. The molecule has 7 heteroatoms. The molecular formula is C14H12ClN5S. The van der Waals surface area contributed by atoms with Gasteiger partial charge in [-0.2, -0.15) is 0 Å². The number of nitrogens with zero attached hydrogens (tertiary/aromatic N) is 4. The van der Waals surface area contributed by atoms with Gasteiger partial charge in [-0.15, -0.1) is 11.3 Å². The molecule has 0 aliphatic carbocycles. The quantitative estimate of drug-likeness (QED) is 0.454. The number of fused-ring (bicyclic) bond motifs is 1. The maximum Gasteiger partial charge on any atom is 0.185 e. The number of unbranched alkanes of at least 4 members (excludes halogenated alkanes) is 2. The first kappa shape index (κ1) is 14.0. The molecule has 3 aromatic rings. The molecule has 3 heterocycles. The van der Waals surface area contributed by atoms with E-state index >= 15 is 0 Å². The first-order valence-electron chi connectivity index (χ1n) is 6.59. The molecular weight excluding hydrogens is 306 g/mol. The minimum atomic E-state index is 0.321. The van der Waals surface area contributed by atoms with Crippen LogP contribution in [-0.2, 0) is 0 Å². The Morgan fingerprint density at radius 2 is 2.24 bits per heavy atom. The van der Waals surface area contributed by atoms with Gasteiger partial charge in [-0.1, -0.05) is 30.9 Å². The number of nitrogens with one attached hydrogen (secondary N) is 1. The van der Waals surface area contributed by atoms with E-state index in [0.29, 0.717) is 28.0 Å². The molecule has 0 radical (unpaired) electrons. The summed E-state index contributed by atoms with van der Waals surface area (Å²) in [4.78, 5) is 21.0. The maximum absolute atomic E-state index is 6.18. The highest BCUT2D eigenvalue weighted by Crippen LogP contribution is 2.25. The second kappa shape index (κ2) is 6.20. The zero-order chi connectivity index (χ0) is 14.7. The van der Waals surface area contributed by atoms with E-state index < -0.39 is 0 Å². The maximum atomic E-state index is 6.18. The van der Waals surface area contributed by atoms with Crippen molar-refractivity contribution >= 4 is 34.1 Å². The summed E-state index contributed by atoms with van der Waals surface area (Å²) >= 11 is 7.64. The van der Waals surface area contributed by atoms with Crippen LogP contribution >= 0.6 is 22.9 Å². The zero-order valence-electron chi connectivity index (χ0n) is 11.4. The summed E-state index contributed by atoms with van der Waals surface area (Å²) < 4.78 is 0. The lowest BCUT2D eigenvalue weighted by Gasteiger charge is -1.96. The van der Waals surface area contributed by atoms with Gasteiger partial charge in [0.25, 0.3) is 0 Å². The molecule has 0 fully saturated rings. The Morgan fingerprint density at radius 3 is 3.00 bits per heavy atom. The lowest BCUT2D eigenvalue weighted by molar-refractivity contribution is 0.828. The van der Waals surface area contributed by atoms with Crippen LogP contribution in [0.3, 0.4) is 0 Å². The van der Waals surface area contributed by atoms with E-state index in [-0.39, 0.29) is 0 Å². The van der Waals surface area contributed by atoms with Crippen LogP contribution in [0, 0.1) is 11.8 Å². The van der Waals surface area contributed by atoms with E-state index in [1.165, 1.54) is 11.3 Å². The van der Waals surface area contributed by atoms with Gasteiger partial charge in [-0.3, -0.25) is 4.98 Å². The fourth-order valence-corrected chi connectivity index (χ4v) is 2.54. The van der Waals surface area contributed by atoms with E-state index in [2.05, 4.69) is 43.7 Å². The van der Waals surface area contributed by atoms with Gasteiger partial charge in [-0.05, 0) is 12.3 Å². The third-order valence-electron chi connectivity index (χ3n) is 2.82. The summed E-state index contributed by atoms with van der Waals surface area (Å²) in [5, 5.41) is 0.321. The average Bonchev–Trinajstić information content (AvgIpc) is 3.12. The summed E-state index contributed by atoms with van der Waals surface area (Å²) in [5.74, 6) is 7.19. The number of aromatic nitrogens is 5. The van der Waals surface area contributed by atoms with Gasteiger partial charge in [0.1, 0.15) is 5.52 Å². The van der Waals surface area contributed by atoms with Gasteiger partial charge >= 0.3 is 0 Å². The van der Waals surface area contributed by atoms with Gasteiger partial charge in [0.15, 0.2) is 22.4 Å². The molecule has 0 aromatic carbocycles. The van der Waals surface area contributed by atoms with Crippen molar-refractivity contribution < 1.29 is 0 Å². The van der Waals surface area contributed by atoms with Crippen molar-refractivity contribution in [1.82, 2.24) is 24.9 Å². The molecule has 21 heavy (non-hydrogen) atoms. The zero-order valence-corrected chi connectivity index (χ0v) is 12.9. The largest absolute Gasteiger partial charge is 0.316 e. The Balaban J connectivity index is 1.97. The predicted octanol–water partition coefficient (Wildman–Crippen LogP) is 3.67. The Hall–Kier alpha value is -1.97. The van der Waals surface area contributed by atoms with E-state index in [0.717, 1.165) is 24.1 Å². The van der Waals surface area contributed by atoms with Gasteiger partial charge in [0.05, 0.1) is 10.4 Å². The smallest absolute Gasteiger partial charge is 0.185 e. The monoisotopic (exact) mass is 317 g/mol. The molecule has 0 aliphatic heterocycles. The average molecular weight is 318 g/mol. The number of aromatic amines is 1. The topological polar surface area (TPSA) is 67.3 Å². The molecule has 3 aromatic heterocycles. The Bertz CT molecular complexity index is 813. The fourth-order valence-electron chi connectivity index (χ4n) is 1.77. The second-order valence-electron chi connectivity index (χ2n) is 4.39. The van der Waals surface area contributed by atoms with Crippen LogP contribution in [0.25, 0.3) is 21.9 Å². The number of thiazole rings is 1. The highest BCUT2D eigenvalue weighted by molar-refractivity contribution is 7.13. The number of hydrogen-bond donors (Lipinski definition) is 1. The molecule has 1 N–H and O–H groups in total. The standard InChI is InChI=1S/C14H12ClN5S/c1-2-3-4-5-6-10-17-11-12(15)19-13(20-14(11)18-10)9-7-16-8-21-9/h7-8H,2-4H2,1H3,(H,17,18,19,20). The number of H-pyrrole nitrogens is 1. The number of rotatable bonds is 3. The van der Waals surface area contributed by atoms with Gasteiger partial charge < -0.3 is 4.98 Å². The molecule has 3 rings (SSSR count). The van der Waals surface area contributed by atoms with Crippen molar-refractivity contribution in [3.05, 3.63) is 22.7 Å². The Kier molecular flexibility index (Phi) is 4.13. The second-order valence-corrected chi connectivity index (χ2v) is 5.64. The summed E-state index contributed by atoms with van der Waals surface area (Å²) in [7, 11) is 0. The predicted molar refractivity (Wildman–Crippen MR) is 84.2 cm³/mol. The van der Waals surface area contributed by atoms with Crippen molar-refractivity contribution in [2.45, 2.75) is 26.2 Å². The van der Waals surface area contributed by atoms with Crippen LogP contribution in [0.2, 0.25) is 5.15 Å². The minimum absolute atomic E-state index is 0.321. The van der Waals surface area contributed by atoms with E-state index in [4.69, 9.17) is 11.6 Å². The van der Waals surface area contributed by atoms with Gasteiger partial charge in [0, 0.05) is 12.6 Å². The van der Waals surface area contributed by atoms with E-state index in [9.17, 15) is 0 Å². The Labute approximate surface area is 130 Å². The number of halogens is 1. The highest BCUT2D eigenvalue weighted by Gasteiger charge is 2.12. The normalized spacial score (nSPS) is 10.6. The molecule has 0 atom stereocenters. The molecule has 0 saturated carbocycles. The van der Waals surface area contributed by atoms with Crippen molar-refractivity contribution in [1.29, 1.82) is 0 Å². The minimum Gasteiger partial charge on any atom is -0.316 e. The lowest BCUT2D eigenvalue weighted by atomic mass is 10.2. The summed E-state index contributed by atoms with van der Waals surface area (Å²) in [6.07, 6.45) is 4.79. The van der Waals surface area contributed by atoms with Gasteiger partial charge in [-0.25, -0.2) is 15.0 Å². The summed E-state index contributed by atoms with van der Waals surface area (Å²) in [6.45, 7) is 2.14. The fraction of sp³-hybridized carbons (Fsp3) is 0.286. The van der Waals surface area contributed by atoms with Crippen molar-refractivity contribution in [3.63, 3.8) is 0 Å². The molecule has 5 nitrogen and oxygen atoms in total. The molecule has 0 aliphatic rings. The van der Waals surface area contributed by atoms with Crippen molar-refractivity contribution in [3.8, 4) is 22.5 Å². The van der Waals surface area contributed by atoms with Crippen LogP contribution in [0.1, 0.15) is 32.0 Å². The number of imidazole rings is 1. The molecule has 106 valence electrons.